The highest BCUT2D eigenvalue weighted by Gasteiger charge is 2.29. The number of aromatic nitrogens is 4. The Bertz CT molecular complexity index is 1370. The van der Waals surface area contributed by atoms with E-state index in [0.717, 1.165) is 21.1 Å². The Morgan fingerprint density at radius 3 is 2.55 bits per heavy atom. The van der Waals surface area contributed by atoms with Gasteiger partial charge in [-0.25, -0.2) is 17.9 Å². The molecule has 4 rings (SSSR count). The molecule has 0 atom stereocenters. The summed E-state index contributed by atoms with van der Waals surface area (Å²) < 4.78 is 33.6. The molecular formula is C23H21N5O4S. The maximum atomic E-state index is 12.8. The van der Waals surface area contributed by atoms with Crippen molar-refractivity contribution >= 4 is 16.0 Å². The van der Waals surface area contributed by atoms with Crippen LogP contribution < -0.4 is 0 Å². The van der Waals surface area contributed by atoms with Crippen molar-refractivity contribution in [3.63, 3.8) is 0 Å². The van der Waals surface area contributed by atoms with Gasteiger partial charge in [0.1, 0.15) is 5.69 Å². The summed E-state index contributed by atoms with van der Waals surface area (Å²) in [5, 5.41) is 11.6. The van der Waals surface area contributed by atoms with Gasteiger partial charge in [0.05, 0.1) is 47.9 Å². The van der Waals surface area contributed by atoms with Crippen LogP contribution >= 0.6 is 0 Å². The fourth-order valence-electron chi connectivity index (χ4n) is 3.82. The number of rotatable bonds is 7. The zero-order valence-corrected chi connectivity index (χ0v) is 18.7. The Hall–Kier alpha value is -3.86. The monoisotopic (exact) mass is 463 g/mol. The maximum Gasteiger partial charge on any atom is 0.356 e. The Morgan fingerprint density at radius 1 is 1.21 bits per heavy atom. The summed E-state index contributed by atoms with van der Waals surface area (Å²) in [6.45, 7) is 1.81. The van der Waals surface area contributed by atoms with E-state index >= 15 is 0 Å². The Morgan fingerprint density at radius 2 is 1.91 bits per heavy atom. The van der Waals surface area contributed by atoms with Gasteiger partial charge in [-0.1, -0.05) is 11.8 Å². The first kappa shape index (κ1) is 22.3. The molecule has 168 valence electrons. The smallest absolute Gasteiger partial charge is 0.356 e. The topological polar surface area (TPSA) is 110 Å². The van der Waals surface area contributed by atoms with Gasteiger partial charge in [-0.2, -0.15) is 14.5 Å². The molecule has 0 unspecified atom stereocenters. The van der Waals surface area contributed by atoms with Crippen LogP contribution in [0.25, 0.3) is 16.9 Å². The number of aromatic amines is 1. The van der Waals surface area contributed by atoms with Crippen LogP contribution in [0.1, 0.15) is 28.7 Å². The number of fused-ring (bicyclic) bond motifs is 3. The van der Waals surface area contributed by atoms with Gasteiger partial charge in [0.25, 0.3) is 0 Å². The van der Waals surface area contributed by atoms with E-state index in [4.69, 9.17) is 17.6 Å². The Labute approximate surface area is 191 Å². The summed E-state index contributed by atoms with van der Waals surface area (Å²) in [6, 6.07) is 6.35. The predicted octanol–water partition coefficient (Wildman–Crippen LogP) is 1.79. The first-order valence-electron chi connectivity index (χ1n) is 10.2. The minimum Gasteiger partial charge on any atom is -0.461 e. The molecular weight excluding hydrogens is 442 g/mol. The SMILES string of the molecule is C#CCN(CC#C)S(=O)(=O)c1ccc(-n2ncc3c2CCc2c-3n[nH]c2C(=O)OCC)cc1. The minimum atomic E-state index is -3.82. The number of carbonyl (C=O) groups is 1. The molecule has 0 bridgehead atoms. The van der Waals surface area contributed by atoms with Crippen LogP contribution in [0.3, 0.4) is 0 Å². The molecule has 1 aromatic carbocycles. The molecule has 0 amide bonds. The van der Waals surface area contributed by atoms with Crippen LogP contribution in [-0.4, -0.2) is 58.4 Å². The normalized spacial score (nSPS) is 12.5. The van der Waals surface area contributed by atoms with Crippen molar-refractivity contribution in [2.75, 3.05) is 19.7 Å². The highest BCUT2D eigenvalue weighted by Crippen LogP contribution is 2.35. The standard InChI is InChI=1S/C23H21N5O4S/c1-4-13-27(14-5-2)33(30,31)17-9-7-16(8-10-17)28-20-12-11-18-21(19(20)15-24-28)25-26-22(18)23(29)32-6-3/h1-2,7-10,15H,6,11-14H2,3H3,(H,25,26). The average Bonchev–Trinajstić information content (AvgIpc) is 3.43. The van der Waals surface area contributed by atoms with E-state index in [-0.39, 0.29) is 24.6 Å². The van der Waals surface area contributed by atoms with E-state index in [1.54, 1.807) is 29.9 Å². The predicted molar refractivity (Wildman–Crippen MR) is 121 cm³/mol. The molecule has 0 saturated carbocycles. The lowest BCUT2D eigenvalue weighted by atomic mass is 9.94. The summed E-state index contributed by atoms with van der Waals surface area (Å²) in [4.78, 5) is 12.3. The van der Waals surface area contributed by atoms with Crippen molar-refractivity contribution in [2.45, 2.75) is 24.7 Å². The molecule has 0 saturated heterocycles. The number of hydrogen-bond acceptors (Lipinski definition) is 6. The highest BCUT2D eigenvalue weighted by molar-refractivity contribution is 7.89. The first-order chi connectivity index (χ1) is 15.9. The van der Waals surface area contributed by atoms with Crippen LogP contribution in [0.5, 0.6) is 0 Å². The summed E-state index contributed by atoms with van der Waals surface area (Å²) in [7, 11) is -3.82. The van der Waals surface area contributed by atoms with Crippen molar-refractivity contribution in [3.8, 4) is 41.6 Å². The quantitative estimate of drug-likeness (QED) is 0.423. The minimum absolute atomic E-state index is 0.0893. The van der Waals surface area contributed by atoms with Gasteiger partial charge in [0.15, 0.2) is 0 Å². The van der Waals surface area contributed by atoms with E-state index < -0.39 is 16.0 Å². The lowest BCUT2D eigenvalue weighted by Gasteiger charge is -2.18. The van der Waals surface area contributed by atoms with E-state index in [9.17, 15) is 13.2 Å². The molecule has 9 nitrogen and oxygen atoms in total. The third-order valence-corrected chi connectivity index (χ3v) is 7.14. The van der Waals surface area contributed by atoms with E-state index in [0.29, 0.717) is 29.9 Å². The second-order valence-electron chi connectivity index (χ2n) is 7.24. The molecule has 1 N–H and O–H groups in total. The van der Waals surface area contributed by atoms with Crippen LogP contribution in [-0.2, 0) is 27.6 Å². The molecule has 3 aromatic rings. The number of carbonyl (C=O) groups excluding carboxylic acids is 1. The molecule has 0 radical (unpaired) electrons. The summed E-state index contributed by atoms with van der Waals surface area (Å²) in [5.41, 5.74) is 4.27. The fraction of sp³-hybridized carbons (Fsp3) is 0.261. The number of esters is 1. The Balaban J connectivity index is 1.65. The van der Waals surface area contributed by atoms with Crippen LogP contribution in [0.2, 0.25) is 0 Å². The van der Waals surface area contributed by atoms with Gasteiger partial charge in [0.2, 0.25) is 10.0 Å². The van der Waals surface area contributed by atoms with Crippen molar-refractivity contribution in [1.29, 1.82) is 0 Å². The summed E-state index contributed by atoms with van der Waals surface area (Å²) >= 11 is 0. The van der Waals surface area contributed by atoms with E-state index in [1.807, 2.05) is 0 Å². The summed E-state index contributed by atoms with van der Waals surface area (Å²) in [5.74, 6) is 4.21. The molecule has 33 heavy (non-hydrogen) atoms. The van der Waals surface area contributed by atoms with Crippen molar-refractivity contribution in [2.24, 2.45) is 0 Å². The number of nitrogens with one attached hydrogen (secondary N) is 1. The molecule has 0 spiro atoms. The fourth-order valence-corrected chi connectivity index (χ4v) is 5.09. The van der Waals surface area contributed by atoms with E-state index in [2.05, 4.69) is 27.1 Å². The number of H-pyrrole nitrogens is 1. The summed E-state index contributed by atoms with van der Waals surface area (Å²) in [6.07, 6.45) is 13.5. The number of benzene rings is 1. The van der Waals surface area contributed by atoms with E-state index in [1.165, 1.54) is 12.1 Å². The molecule has 0 fully saturated rings. The number of sulfonamides is 1. The molecule has 0 aliphatic heterocycles. The van der Waals surface area contributed by atoms with Gasteiger partial charge in [-0.05, 0) is 44.0 Å². The lowest BCUT2D eigenvalue weighted by Crippen LogP contribution is -2.31. The number of hydrogen-bond donors (Lipinski definition) is 1. The van der Waals surface area contributed by atoms with Gasteiger partial charge in [-0.3, -0.25) is 5.10 Å². The lowest BCUT2D eigenvalue weighted by molar-refractivity contribution is 0.0518. The van der Waals surface area contributed by atoms with Crippen LogP contribution in [0.4, 0.5) is 0 Å². The van der Waals surface area contributed by atoms with Crippen molar-refractivity contribution < 1.29 is 17.9 Å². The Kier molecular flexibility index (Phi) is 6.05. The molecule has 1 aliphatic carbocycles. The number of nitrogens with zero attached hydrogens (tertiary/aromatic N) is 4. The van der Waals surface area contributed by atoms with Crippen molar-refractivity contribution in [3.05, 3.63) is 47.4 Å². The van der Waals surface area contributed by atoms with Gasteiger partial charge in [0, 0.05) is 11.1 Å². The second kappa shape index (κ2) is 8.94. The largest absolute Gasteiger partial charge is 0.461 e. The average molecular weight is 464 g/mol. The third-order valence-electron chi connectivity index (χ3n) is 5.34. The molecule has 1 aliphatic rings. The molecule has 2 heterocycles. The highest BCUT2D eigenvalue weighted by atomic mass is 32.2. The van der Waals surface area contributed by atoms with Gasteiger partial charge in [-0.15, -0.1) is 12.8 Å². The third kappa shape index (κ3) is 3.91. The zero-order chi connectivity index (χ0) is 23.6. The van der Waals surface area contributed by atoms with Crippen LogP contribution in [0.15, 0.2) is 35.4 Å². The number of terminal acetylenes is 2. The van der Waals surface area contributed by atoms with Gasteiger partial charge < -0.3 is 4.74 Å². The zero-order valence-electron chi connectivity index (χ0n) is 17.9. The number of ether oxygens (including phenoxy) is 1. The second-order valence-corrected chi connectivity index (χ2v) is 9.18. The van der Waals surface area contributed by atoms with Crippen molar-refractivity contribution in [1.82, 2.24) is 24.3 Å². The molecule has 10 heteroatoms. The first-order valence-corrected chi connectivity index (χ1v) is 11.7. The molecule has 2 aromatic heterocycles. The maximum absolute atomic E-state index is 12.8. The van der Waals surface area contributed by atoms with Gasteiger partial charge >= 0.3 is 5.97 Å². The van der Waals surface area contributed by atoms with Crippen LogP contribution in [0, 0.1) is 24.7 Å².